The van der Waals surface area contributed by atoms with Gasteiger partial charge in [0.15, 0.2) is 5.85 Å². The predicted molar refractivity (Wildman–Crippen MR) is 23.8 cm³/mol. The van der Waals surface area contributed by atoms with Crippen molar-refractivity contribution in [1.29, 1.82) is 0 Å². The molecule has 38 valence electrons. The maximum atomic E-state index is 5.09. The molecule has 0 aliphatic rings. The molecule has 0 saturated heterocycles. The number of nitrogens with two attached hydrogens (primary N) is 2. The predicted octanol–water partition coefficient (Wildman–Crippen LogP) is -0.776. The van der Waals surface area contributed by atoms with Crippen molar-refractivity contribution in [3.05, 3.63) is 0 Å². The van der Waals surface area contributed by atoms with Gasteiger partial charge >= 0.3 is 0 Å². The highest BCUT2D eigenvalue weighted by atomic mass is 16.5. The molecular weight excluding hydrogens is 80.0 g/mol. The quantitative estimate of drug-likeness (QED) is 0.415. The third-order valence-corrected chi connectivity index (χ3v) is 0.440. The van der Waals surface area contributed by atoms with Crippen LogP contribution in [-0.2, 0) is 4.74 Å². The van der Waals surface area contributed by atoms with E-state index >= 15 is 0 Å². The Morgan fingerprint density at radius 3 is 1.67 bits per heavy atom. The van der Waals surface area contributed by atoms with Gasteiger partial charge in [-0.3, -0.25) is 11.5 Å². The van der Waals surface area contributed by atoms with Crippen LogP contribution in [0.4, 0.5) is 0 Å². The summed E-state index contributed by atoms with van der Waals surface area (Å²) in [6.07, 6.45) is 0. The maximum absolute atomic E-state index is 5.09. The second-order valence-electron chi connectivity index (χ2n) is 1.39. The first-order valence-electron chi connectivity index (χ1n) is 1.69. The molecule has 0 aromatic rings. The lowest BCUT2D eigenvalue weighted by Crippen LogP contribution is -2.47. The van der Waals surface area contributed by atoms with Crippen molar-refractivity contribution >= 4 is 0 Å². The molecule has 0 aromatic carbocycles. The third-order valence-electron chi connectivity index (χ3n) is 0.440. The number of hydrogen-bond donors (Lipinski definition) is 2. The van der Waals surface area contributed by atoms with Gasteiger partial charge in [0.05, 0.1) is 0 Å². The number of methoxy groups -OCH3 is 1. The Kier molecular flexibility index (Phi) is 1.52. The summed E-state index contributed by atoms with van der Waals surface area (Å²) in [7, 11) is 1.46. The van der Waals surface area contributed by atoms with Crippen molar-refractivity contribution < 1.29 is 4.74 Å². The molecule has 0 aliphatic heterocycles. The Morgan fingerprint density at radius 1 is 1.50 bits per heavy atom. The van der Waals surface area contributed by atoms with E-state index in [9.17, 15) is 0 Å². The Morgan fingerprint density at radius 2 is 1.67 bits per heavy atom. The fraction of sp³-hybridized carbons (Fsp3) is 1.00. The molecule has 0 bridgehead atoms. The third kappa shape index (κ3) is 3.88. The van der Waals surface area contributed by atoms with Gasteiger partial charge in [-0.25, -0.2) is 0 Å². The normalized spacial score (nSPS) is 12.0. The van der Waals surface area contributed by atoms with Crippen LogP contribution < -0.4 is 11.5 Å². The first-order valence-corrected chi connectivity index (χ1v) is 1.69. The van der Waals surface area contributed by atoms with Gasteiger partial charge in [0.2, 0.25) is 0 Å². The van der Waals surface area contributed by atoms with Crippen molar-refractivity contribution in [1.82, 2.24) is 0 Å². The van der Waals surface area contributed by atoms with Gasteiger partial charge in [-0.2, -0.15) is 0 Å². The minimum atomic E-state index is -0.958. The van der Waals surface area contributed by atoms with Crippen molar-refractivity contribution in [3.8, 4) is 0 Å². The van der Waals surface area contributed by atoms with Crippen LogP contribution in [0.3, 0.4) is 0 Å². The summed E-state index contributed by atoms with van der Waals surface area (Å²) in [4.78, 5) is 0. The zero-order valence-corrected chi connectivity index (χ0v) is 4.06. The summed E-state index contributed by atoms with van der Waals surface area (Å²) in [5, 5.41) is 0. The molecule has 0 amide bonds. The van der Waals surface area contributed by atoms with E-state index in [0.29, 0.717) is 0 Å². The molecule has 4 N–H and O–H groups in total. The summed E-state index contributed by atoms with van der Waals surface area (Å²) in [5.74, 6) is -0.958. The zero-order chi connectivity index (χ0) is 5.21. The van der Waals surface area contributed by atoms with Crippen molar-refractivity contribution in [2.24, 2.45) is 11.5 Å². The zero-order valence-electron chi connectivity index (χ0n) is 4.06. The second-order valence-corrected chi connectivity index (χ2v) is 1.39. The van der Waals surface area contributed by atoms with E-state index in [-0.39, 0.29) is 0 Å². The fourth-order valence-corrected chi connectivity index (χ4v) is 0. The first kappa shape index (κ1) is 5.88. The van der Waals surface area contributed by atoms with Crippen molar-refractivity contribution in [3.63, 3.8) is 0 Å². The van der Waals surface area contributed by atoms with E-state index in [1.54, 1.807) is 6.92 Å². The van der Waals surface area contributed by atoms with Gasteiger partial charge in [-0.15, -0.1) is 0 Å². The van der Waals surface area contributed by atoms with Crippen molar-refractivity contribution in [2.45, 2.75) is 12.8 Å². The average Bonchev–Trinajstić information content (AvgIpc) is 1.35. The van der Waals surface area contributed by atoms with Gasteiger partial charge < -0.3 is 4.74 Å². The van der Waals surface area contributed by atoms with Crippen LogP contribution in [0.1, 0.15) is 6.92 Å². The Hall–Kier alpha value is -0.120. The Labute approximate surface area is 37.3 Å². The molecule has 3 nitrogen and oxygen atoms in total. The number of rotatable bonds is 1. The molecule has 0 saturated carbocycles. The fourth-order valence-electron chi connectivity index (χ4n) is 0. The van der Waals surface area contributed by atoms with Crippen molar-refractivity contribution in [2.75, 3.05) is 7.11 Å². The average molecular weight is 90.1 g/mol. The van der Waals surface area contributed by atoms with E-state index in [4.69, 9.17) is 11.5 Å². The molecule has 3 heteroatoms. The van der Waals surface area contributed by atoms with E-state index in [0.717, 1.165) is 0 Å². The minimum absolute atomic E-state index is 0.958. The maximum Gasteiger partial charge on any atom is 0.166 e. The standard InChI is InChI=1S/C3H10N2O/c1-3(4,5)6-2/h4-5H2,1-2H3. The smallest absolute Gasteiger partial charge is 0.166 e. The number of ether oxygens (including phenoxy) is 1. The molecule has 6 heavy (non-hydrogen) atoms. The van der Waals surface area contributed by atoms with Crippen LogP contribution >= 0.6 is 0 Å². The van der Waals surface area contributed by atoms with E-state index < -0.39 is 5.85 Å². The minimum Gasteiger partial charge on any atom is -0.351 e. The molecule has 0 heterocycles. The van der Waals surface area contributed by atoms with Crippen LogP contribution in [0, 0.1) is 0 Å². The molecule has 0 fully saturated rings. The Balaban J connectivity index is 3.17. The van der Waals surface area contributed by atoms with Crippen LogP contribution in [0.5, 0.6) is 0 Å². The molecule has 0 aromatic heterocycles. The highest BCUT2D eigenvalue weighted by Crippen LogP contribution is 1.82. The van der Waals surface area contributed by atoms with Crippen LogP contribution in [0.25, 0.3) is 0 Å². The Bertz CT molecular complexity index is 38.5. The lowest BCUT2D eigenvalue weighted by atomic mass is 10.5. The van der Waals surface area contributed by atoms with E-state index in [1.165, 1.54) is 7.11 Å². The van der Waals surface area contributed by atoms with E-state index in [2.05, 4.69) is 4.74 Å². The van der Waals surface area contributed by atoms with Crippen LogP contribution in [0.2, 0.25) is 0 Å². The second kappa shape index (κ2) is 1.55. The van der Waals surface area contributed by atoms with Gasteiger partial charge in [-0.05, 0) is 6.92 Å². The SMILES string of the molecule is COC(C)(N)N. The summed E-state index contributed by atoms with van der Waals surface area (Å²) in [5.41, 5.74) is 10.2. The highest BCUT2D eigenvalue weighted by molar-refractivity contribution is 4.49. The molecule has 0 unspecified atom stereocenters. The van der Waals surface area contributed by atoms with Gasteiger partial charge in [-0.1, -0.05) is 0 Å². The molecule has 0 atom stereocenters. The summed E-state index contributed by atoms with van der Waals surface area (Å²) in [6.45, 7) is 1.58. The molecule has 0 radical (unpaired) electrons. The molecule has 0 rings (SSSR count). The van der Waals surface area contributed by atoms with Gasteiger partial charge in [0.25, 0.3) is 0 Å². The molecule has 0 aliphatic carbocycles. The largest absolute Gasteiger partial charge is 0.351 e. The van der Waals surface area contributed by atoms with Crippen LogP contribution in [-0.4, -0.2) is 13.0 Å². The molecular formula is C3H10N2O. The summed E-state index contributed by atoms with van der Waals surface area (Å²) in [6, 6.07) is 0. The lowest BCUT2D eigenvalue weighted by molar-refractivity contribution is 0.0175. The topological polar surface area (TPSA) is 61.3 Å². The van der Waals surface area contributed by atoms with Gasteiger partial charge in [0.1, 0.15) is 0 Å². The lowest BCUT2D eigenvalue weighted by Gasteiger charge is -2.14. The molecule has 0 spiro atoms. The van der Waals surface area contributed by atoms with Crippen LogP contribution in [0.15, 0.2) is 0 Å². The van der Waals surface area contributed by atoms with E-state index in [1.807, 2.05) is 0 Å². The first-order chi connectivity index (χ1) is 2.56. The highest BCUT2D eigenvalue weighted by Gasteiger charge is 2.04. The number of hydrogen-bond acceptors (Lipinski definition) is 3. The summed E-state index contributed by atoms with van der Waals surface area (Å²) >= 11 is 0. The van der Waals surface area contributed by atoms with Gasteiger partial charge in [0, 0.05) is 7.11 Å². The monoisotopic (exact) mass is 90.1 g/mol. The summed E-state index contributed by atoms with van der Waals surface area (Å²) < 4.78 is 4.49.